The fraction of sp³-hybridized carbons (Fsp3) is 0.500. The molecule has 1 aromatic carbocycles. The first-order valence-corrected chi connectivity index (χ1v) is 12.4. The Morgan fingerprint density at radius 1 is 1.00 bits per heavy atom. The summed E-state index contributed by atoms with van der Waals surface area (Å²) in [6, 6.07) is 6.08. The maximum Gasteiger partial charge on any atom is 0.338 e. The number of anilines is 1. The second kappa shape index (κ2) is 11.2. The van der Waals surface area contributed by atoms with Gasteiger partial charge in [-0.2, -0.15) is 0 Å². The summed E-state index contributed by atoms with van der Waals surface area (Å²) in [6.07, 6.45) is 1.73. The van der Waals surface area contributed by atoms with Crippen LogP contribution in [0.25, 0.3) is 0 Å². The number of halogens is 2. The average Bonchev–Trinajstić information content (AvgIpc) is 3.01. The molecule has 178 valence electrons. The van der Waals surface area contributed by atoms with Gasteiger partial charge in [-0.15, -0.1) is 0 Å². The normalized spacial score (nSPS) is 24.3. The minimum absolute atomic E-state index is 0.0714. The third kappa shape index (κ3) is 6.20. The molecule has 2 aliphatic rings. The van der Waals surface area contributed by atoms with Crippen LogP contribution in [0.15, 0.2) is 24.3 Å². The van der Waals surface area contributed by atoms with E-state index in [1.165, 1.54) is 24.3 Å². The number of fused-ring (bicyclic) bond motifs is 1. The largest absolute Gasteiger partial charge is 0.462 e. The molecule has 1 saturated carbocycles. The molecule has 1 aromatic rings. The summed E-state index contributed by atoms with van der Waals surface area (Å²) in [7, 11) is 0. The van der Waals surface area contributed by atoms with E-state index in [-0.39, 0.29) is 21.5 Å². The topological polar surface area (TPSA) is 119 Å². The Kier molecular flexibility index (Phi) is 8.63. The van der Waals surface area contributed by atoms with Crippen LogP contribution in [0.3, 0.4) is 0 Å². The first-order chi connectivity index (χ1) is 15.7. The maximum atomic E-state index is 12.6. The highest BCUT2D eigenvalue weighted by molar-refractivity contribution is 9.12. The molecule has 0 aromatic heterocycles. The van der Waals surface area contributed by atoms with Gasteiger partial charge in [0.2, 0.25) is 11.8 Å². The fourth-order valence-corrected chi connectivity index (χ4v) is 5.04. The molecule has 3 rings (SSSR count). The number of alkyl halides is 2. The molecule has 4 atom stereocenters. The summed E-state index contributed by atoms with van der Waals surface area (Å²) >= 11 is 7.02. The number of hydrogen-bond acceptors (Lipinski definition) is 7. The van der Waals surface area contributed by atoms with Gasteiger partial charge >= 0.3 is 11.9 Å². The summed E-state index contributed by atoms with van der Waals surface area (Å²) in [6.45, 7) is 1.12. The number of imide groups is 1. The lowest BCUT2D eigenvalue weighted by atomic mass is 9.81. The van der Waals surface area contributed by atoms with Crippen molar-refractivity contribution in [2.75, 3.05) is 25.1 Å². The van der Waals surface area contributed by atoms with Crippen molar-refractivity contribution < 1.29 is 33.4 Å². The van der Waals surface area contributed by atoms with Crippen LogP contribution in [0, 0.1) is 11.8 Å². The van der Waals surface area contributed by atoms with Crippen molar-refractivity contribution in [2.45, 2.75) is 35.8 Å². The van der Waals surface area contributed by atoms with Gasteiger partial charge in [0, 0.05) is 15.3 Å². The van der Waals surface area contributed by atoms with Gasteiger partial charge in [0.15, 0.2) is 6.61 Å². The van der Waals surface area contributed by atoms with Gasteiger partial charge in [0.05, 0.1) is 24.0 Å². The number of amides is 3. The van der Waals surface area contributed by atoms with Crippen molar-refractivity contribution in [3.05, 3.63) is 29.8 Å². The van der Waals surface area contributed by atoms with Gasteiger partial charge in [0.1, 0.15) is 6.54 Å². The highest BCUT2D eigenvalue weighted by Gasteiger charge is 2.52. The molecule has 2 fully saturated rings. The molecule has 1 heterocycles. The zero-order valence-corrected chi connectivity index (χ0v) is 21.1. The summed E-state index contributed by atoms with van der Waals surface area (Å²) < 4.78 is 9.98. The highest BCUT2D eigenvalue weighted by Crippen LogP contribution is 2.43. The number of carbonyl (C=O) groups is 5. The molecule has 0 unspecified atom stereocenters. The molecule has 1 aliphatic heterocycles. The van der Waals surface area contributed by atoms with Crippen molar-refractivity contribution >= 4 is 67.2 Å². The number of benzene rings is 1. The monoisotopic (exact) mass is 586 g/mol. The van der Waals surface area contributed by atoms with Crippen LogP contribution < -0.4 is 5.32 Å². The predicted molar refractivity (Wildman–Crippen MR) is 125 cm³/mol. The first kappa shape index (κ1) is 25.4. The molecule has 1 saturated heterocycles. The summed E-state index contributed by atoms with van der Waals surface area (Å²) in [4.78, 5) is 62.3. The summed E-state index contributed by atoms with van der Waals surface area (Å²) in [5.41, 5.74) is 0.761. The quantitative estimate of drug-likeness (QED) is 0.282. The zero-order valence-electron chi connectivity index (χ0n) is 17.9. The number of ether oxygens (including phenoxy) is 2. The molecular weight excluding hydrogens is 564 g/mol. The van der Waals surface area contributed by atoms with Gasteiger partial charge in [-0.3, -0.25) is 24.1 Å². The van der Waals surface area contributed by atoms with E-state index in [1.807, 2.05) is 6.92 Å². The van der Waals surface area contributed by atoms with Crippen LogP contribution in [0.4, 0.5) is 5.69 Å². The van der Waals surface area contributed by atoms with Gasteiger partial charge in [-0.05, 0) is 43.5 Å². The lowest BCUT2D eigenvalue weighted by Gasteiger charge is -2.29. The highest BCUT2D eigenvalue weighted by atomic mass is 79.9. The van der Waals surface area contributed by atoms with Gasteiger partial charge in [0.25, 0.3) is 5.91 Å². The molecule has 0 spiro atoms. The molecule has 11 heteroatoms. The van der Waals surface area contributed by atoms with Crippen LogP contribution >= 0.6 is 31.9 Å². The number of esters is 2. The van der Waals surface area contributed by atoms with Crippen LogP contribution in [0.1, 0.15) is 36.5 Å². The van der Waals surface area contributed by atoms with Crippen molar-refractivity contribution in [3.8, 4) is 0 Å². The Morgan fingerprint density at radius 3 is 2.12 bits per heavy atom. The third-order valence-corrected chi connectivity index (χ3v) is 8.23. The number of hydrogen-bond donors (Lipinski definition) is 1. The average molecular weight is 588 g/mol. The Balaban J connectivity index is 1.46. The van der Waals surface area contributed by atoms with Crippen LogP contribution in [-0.2, 0) is 28.7 Å². The van der Waals surface area contributed by atoms with Gasteiger partial charge in [-0.25, -0.2) is 4.79 Å². The SMILES string of the molecule is CCCOC(=O)c1ccc(NC(=O)COC(=O)CN2C(=O)[C@@H]3C[C@@H](Br)[C@@H](Br)C[C@H]3C2=O)cc1. The second-order valence-electron chi connectivity index (χ2n) is 7.90. The number of nitrogens with one attached hydrogen (secondary N) is 1. The van der Waals surface area contributed by atoms with Crippen LogP contribution in [0.5, 0.6) is 0 Å². The van der Waals surface area contributed by atoms with Gasteiger partial charge < -0.3 is 14.8 Å². The molecule has 0 radical (unpaired) electrons. The smallest absolute Gasteiger partial charge is 0.338 e. The first-order valence-electron chi connectivity index (χ1n) is 10.6. The van der Waals surface area contributed by atoms with E-state index in [2.05, 4.69) is 37.2 Å². The Hall–Kier alpha value is -2.27. The van der Waals surface area contributed by atoms with E-state index in [4.69, 9.17) is 9.47 Å². The molecule has 1 N–H and O–H groups in total. The lowest BCUT2D eigenvalue weighted by Crippen LogP contribution is -2.37. The number of nitrogens with zero attached hydrogens (tertiary/aromatic N) is 1. The zero-order chi connectivity index (χ0) is 24.1. The summed E-state index contributed by atoms with van der Waals surface area (Å²) in [5, 5.41) is 2.54. The van der Waals surface area contributed by atoms with E-state index in [0.717, 1.165) is 4.90 Å². The molecular formula is C22H24Br2N2O7. The van der Waals surface area contributed by atoms with E-state index < -0.39 is 42.8 Å². The minimum Gasteiger partial charge on any atom is -0.462 e. The summed E-state index contributed by atoms with van der Waals surface area (Å²) in [5.74, 6) is -3.55. The van der Waals surface area contributed by atoms with Crippen molar-refractivity contribution in [2.24, 2.45) is 11.8 Å². The van der Waals surface area contributed by atoms with Crippen molar-refractivity contribution in [1.82, 2.24) is 4.90 Å². The maximum absolute atomic E-state index is 12.6. The van der Waals surface area contributed by atoms with Crippen LogP contribution in [0.2, 0.25) is 0 Å². The lowest BCUT2D eigenvalue weighted by molar-refractivity contribution is -0.154. The Bertz CT molecular complexity index is 909. The molecule has 33 heavy (non-hydrogen) atoms. The molecule has 3 amide bonds. The molecule has 0 bridgehead atoms. The van der Waals surface area contributed by atoms with Crippen molar-refractivity contribution in [1.29, 1.82) is 0 Å². The second-order valence-corrected chi connectivity index (χ2v) is 10.3. The molecule has 1 aliphatic carbocycles. The Morgan fingerprint density at radius 2 is 1.58 bits per heavy atom. The van der Waals surface area contributed by atoms with E-state index in [1.54, 1.807) is 0 Å². The third-order valence-electron chi connectivity index (χ3n) is 5.50. The van der Waals surface area contributed by atoms with Crippen LogP contribution in [-0.4, -0.2) is 64.0 Å². The van der Waals surface area contributed by atoms with E-state index in [9.17, 15) is 24.0 Å². The standard InChI is InChI=1S/C22H24Br2N2O7/c1-2-7-32-22(31)12-3-5-13(6-4-12)25-18(27)11-33-19(28)10-26-20(29)14-8-16(23)17(24)9-15(14)21(26)30/h3-6,14-17H,2,7-11H2,1H3,(H,25,27)/t14-,15-,16-,17+/m1/s1. The number of carbonyl (C=O) groups excluding carboxylic acids is 5. The van der Waals surface area contributed by atoms with Crippen molar-refractivity contribution in [3.63, 3.8) is 0 Å². The van der Waals surface area contributed by atoms with E-state index in [0.29, 0.717) is 37.1 Å². The van der Waals surface area contributed by atoms with E-state index >= 15 is 0 Å². The fourth-order valence-electron chi connectivity index (χ4n) is 3.81. The number of rotatable bonds is 8. The molecule has 9 nitrogen and oxygen atoms in total. The van der Waals surface area contributed by atoms with Gasteiger partial charge in [-0.1, -0.05) is 38.8 Å². The Labute approximate surface area is 207 Å². The number of likely N-dealkylation sites (tertiary alicyclic amines) is 1. The predicted octanol–water partition coefficient (Wildman–Crippen LogP) is 2.66. The minimum atomic E-state index is -0.842.